The average molecular weight is 332 g/mol. The maximum Gasteiger partial charge on any atom is 0.271 e. The number of carbonyl (C=O) groups excluding carboxylic acids is 1. The molecule has 1 aliphatic rings. The van der Waals surface area contributed by atoms with Gasteiger partial charge < -0.3 is 14.8 Å². The Morgan fingerprint density at radius 2 is 2.38 bits per heavy atom. The Morgan fingerprint density at radius 1 is 1.50 bits per heavy atom. The summed E-state index contributed by atoms with van der Waals surface area (Å²) in [6, 6.07) is 5.61. The van der Waals surface area contributed by atoms with E-state index in [1.807, 2.05) is 19.1 Å². The summed E-state index contributed by atoms with van der Waals surface area (Å²) in [4.78, 5) is 14.4. The summed E-state index contributed by atoms with van der Waals surface area (Å²) in [6.45, 7) is 4.31. The molecule has 7 nitrogen and oxygen atoms in total. The second-order valence-corrected chi connectivity index (χ2v) is 6.20. The molecule has 1 aliphatic heterocycles. The molecule has 0 spiro atoms. The van der Waals surface area contributed by atoms with Crippen molar-refractivity contribution in [1.29, 1.82) is 0 Å². The van der Waals surface area contributed by atoms with E-state index in [1.165, 1.54) is 0 Å². The smallest absolute Gasteiger partial charge is 0.271 e. The molecule has 0 radical (unpaired) electrons. The van der Waals surface area contributed by atoms with Crippen LogP contribution in [0.1, 0.15) is 35.5 Å². The van der Waals surface area contributed by atoms with Gasteiger partial charge in [-0.1, -0.05) is 6.42 Å². The number of H-pyrrole nitrogens is 1. The van der Waals surface area contributed by atoms with Crippen molar-refractivity contribution in [3.63, 3.8) is 0 Å². The van der Waals surface area contributed by atoms with Crippen LogP contribution in [0.15, 0.2) is 22.6 Å². The van der Waals surface area contributed by atoms with E-state index in [1.54, 1.807) is 6.07 Å². The Balaban J connectivity index is 1.51. The zero-order chi connectivity index (χ0) is 16.9. The van der Waals surface area contributed by atoms with Crippen molar-refractivity contribution in [3.8, 4) is 11.5 Å². The van der Waals surface area contributed by atoms with E-state index in [0.717, 1.165) is 38.1 Å². The highest BCUT2D eigenvalue weighted by Gasteiger charge is 2.21. The van der Waals surface area contributed by atoms with Crippen LogP contribution in [0.4, 0.5) is 0 Å². The van der Waals surface area contributed by atoms with Crippen LogP contribution in [-0.2, 0) is 0 Å². The number of likely N-dealkylation sites (tertiary alicyclic amines) is 1. The summed E-state index contributed by atoms with van der Waals surface area (Å²) >= 11 is 0. The van der Waals surface area contributed by atoms with Crippen LogP contribution in [0.5, 0.6) is 0 Å². The summed E-state index contributed by atoms with van der Waals surface area (Å²) < 4.78 is 5.51. The maximum absolute atomic E-state index is 12.2. The minimum absolute atomic E-state index is 0.180. The summed E-state index contributed by atoms with van der Waals surface area (Å²) in [5.74, 6) is 1.27. The number of aryl methyl sites for hydroxylation is 1. The van der Waals surface area contributed by atoms with Gasteiger partial charge in [-0.3, -0.25) is 14.8 Å². The van der Waals surface area contributed by atoms with Crippen molar-refractivity contribution in [1.82, 2.24) is 20.4 Å². The van der Waals surface area contributed by atoms with Crippen LogP contribution < -0.4 is 5.32 Å². The number of aliphatic hydroxyl groups excluding tert-OH is 1. The second-order valence-electron chi connectivity index (χ2n) is 6.20. The lowest BCUT2D eigenvalue weighted by atomic mass is 10.0. The van der Waals surface area contributed by atoms with Crippen molar-refractivity contribution in [2.75, 3.05) is 26.2 Å². The number of aromatic nitrogens is 2. The van der Waals surface area contributed by atoms with Crippen molar-refractivity contribution in [2.45, 2.75) is 32.2 Å². The van der Waals surface area contributed by atoms with Gasteiger partial charge in [-0.15, -0.1) is 0 Å². The number of amides is 1. The summed E-state index contributed by atoms with van der Waals surface area (Å²) in [5.41, 5.74) is 1.03. The van der Waals surface area contributed by atoms with Crippen molar-refractivity contribution in [2.24, 2.45) is 0 Å². The lowest BCUT2D eigenvalue weighted by Crippen LogP contribution is -2.45. The lowest BCUT2D eigenvalue weighted by Gasteiger charge is -2.34. The van der Waals surface area contributed by atoms with Gasteiger partial charge in [0.25, 0.3) is 5.91 Å². The summed E-state index contributed by atoms with van der Waals surface area (Å²) in [7, 11) is 0. The molecule has 1 amide bonds. The number of rotatable bonds is 6. The van der Waals surface area contributed by atoms with E-state index >= 15 is 0 Å². The molecule has 2 aromatic rings. The monoisotopic (exact) mass is 332 g/mol. The van der Waals surface area contributed by atoms with Crippen molar-refractivity contribution >= 4 is 5.91 Å². The predicted molar refractivity (Wildman–Crippen MR) is 89.7 cm³/mol. The van der Waals surface area contributed by atoms with Crippen molar-refractivity contribution < 1.29 is 14.3 Å². The molecule has 0 aromatic carbocycles. The number of hydrogen-bond donors (Lipinski definition) is 3. The number of aromatic amines is 1. The van der Waals surface area contributed by atoms with Gasteiger partial charge in [-0.05, 0) is 38.4 Å². The zero-order valence-electron chi connectivity index (χ0n) is 13.9. The highest BCUT2D eigenvalue weighted by molar-refractivity contribution is 5.93. The van der Waals surface area contributed by atoms with Crippen LogP contribution in [0, 0.1) is 6.92 Å². The maximum atomic E-state index is 12.2. The van der Waals surface area contributed by atoms with E-state index in [2.05, 4.69) is 20.4 Å². The Hall–Kier alpha value is -2.12. The largest absolute Gasteiger partial charge is 0.460 e. The van der Waals surface area contributed by atoms with Gasteiger partial charge >= 0.3 is 0 Å². The minimum atomic E-state index is -0.210. The summed E-state index contributed by atoms with van der Waals surface area (Å²) in [6.07, 6.45) is 3.34. The first kappa shape index (κ1) is 16.7. The average Bonchev–Trinajstić information content (AvgIpc) is 3.24. The van der Waals surface area contributed by atoms with E-state index < -0.39 is 0 Å². The van der Waals surface area contributed by atoms with Gasteiger partial charge in [0.1, 0.15) is 11.5 Å². The molecule has 0 bridgehead atoms. The molecule has 2 aromatic heterocycles. The van der Waals surface area contributed by atoms with Gasteiger partial charge in [0.15, 0.2) is 11.5 Å². The third-order valence-corrected chi connectivity index (χ3v) is 4.46. The van der Waals surface area contributed by atoms with E-state index in [0.29, 0.717) is 23.7 Å². The molecule has 7 heteroatoms. The molecule has 0 unspecified atom stereocenters. The van der Waals surface area contributed by atoms with E-state index in [-0.39, 0.29) is 18.6 Å². The van der Waals surface area contributed by atoms with Crippen LogP contribution in [0.3, 0.4) is 0 Å². The molecule has 3 rings (SSSR count). The van der Waals surface area contributed by atoms with Crippen LogP contribution in [0.2, 0.25) is 0 Å². The number of aliphatic hydroxyl groups is 1. The highest BCUT2D eigenvalue weighted by Crippen LogP contribution is 2.20. The number of carbonyl (C=O) groups is 1. The Kier molecular flexibility index (Phi) is 5.32. The highest BCUT2D eigenvalue weighted by atomic mass is 16.3. The second kappa shape index (κ2) is 7.63. The molecule has 1 saturated heterocycles. The molecule has 0 aliphatic carbocycles. The SMILES string of the molecule is Cc1ccc(-c2cc(C(=O)NCCN3CCCC[C@H]3CO)n[nH]2)o1. The first-order valence-electron chi connectivity index (χ1n) is 8.42. The molecule has 3 heterocycles. The topological polar surface area (TPSA) is 94.4 Å². The molecular formula is C17H24N4O3. The molecule has 1 atom stereocenters. The van der Waals surface area contributed by atoms with Crippen LogP contribution >= 0.6 is 0 Å². The van der Waals surface area contributed by atoms with Gasteiger partial charge in [0.05, 0.1) is 6.61 Å². The van der Waals surface area contributed by atoms with Crippen LogP contribution in [0.25, 0.3) is 11.5 Å². The minimum Gasteiger partial charge on any atom is -0.460 e. The number of hydrogen-bond acceptors (Lipinski definition) is 5. The zero-order valence-corrected chi connectivity index (χ0v) is 13.9. The molecule has 130 valence electrons. The Bertz CT molecular complexity index is 679. The summed E-state index contributed by atoms with van der Waals surface area (Å²) in [5, 5.41) is 19.2. The van der Waals surface area contributed by atoms with Gasteiger partial charge in [0.2, 0.25) is 0 Å². The third kappa shape index (κ3) is 3.85. The fraction of sp³-hybridized carbons (Fsp3) is 0.529. The number of nitrogens with zero attached hydrogens (tertiary/aromatic N) is 2. The first-order chi connectivity index (χ1) is 11.7. The third-order valence-electron chi connectivity index (χ3n) is 4.46. The number of nitrogens with one attached hydrogen (secondary N) is 2. The molecule has 0 saturated carbocycles. The van der Waals surface area contributed by atoms with Gasteiger partial charge in [-0.25, -0.2) is 0 Å². The molecule has 1 fully saturated rings. The fourth-order valence-corrected chi connectivity index (χ4v) is 3.11. The molecule has 24 heavy (non-hydrogen) atoms. The first-order valence-corrected chi connectivity index (χ1v) is 8.42. The Labute approximate surface area is 141 Å². The number of piperidine rings is 1. The van der Waals surface area contributed by atoms with Gasteiger partial charge in [0, 0.05) is 25.2 Å². The fourth-order valence-electron chi connectivity index (χ4n) is 3.11. The standard InChI is InChI=1S/C17H24N4O3/c1-12-5-6-16(24-12)14-10-15(20-19-14)17(23)18-7-9-21-8-3-2-4-13(21)11-22/h5-6,10,13,22H,2-4,7-9,11H2,1H3,(H,18,23)(H,19,20)/t13-/m0/s1. The molecule has 3 N–H and O–H groups in total. The quantitative estimate of drug-likeness (QED) is 0.746. The predicted octanol–water partition coefficient (Wildman–Crippen LogP) is 1.55. The van der Waals surface area contributed by atoms with Crippen LogP contribution in [-0.4, -0.2) is 58.4 Å². The van der Waals surface area contributed by atoms with E-state index in [9.17, 15) is 9.90 Å². The Morgan fingerprint density at radius 3 is 3.12 bits per heavy atom. The normalized spacial score (nSPS) is 18.7. The lowest BCUT2D eigenvalue weighted by molar-refractivity contribution is 0.0847. The van der Waals surface area contributed by atoms with Crippen molar-refractivity contribution in [3.05, 3.63) is 29.7 Å². The van der Waals surface area contributed by atoms with Gasteiger partial charge in [-0.2, -0.15) is 5.10 Å². The number of furan rings is 1. The van der Waals surface area contributed by atoms with E-state index in [4.69, 9.17) is 4.42 Å². The molecular weight excluding hydrogens is 308 g/mol.